The zero-order chi connectivity index (χ0) is 20.8. The first-order valence-electron chi connectivity index (χ1n) is 10.7. The standard InChI is InChI=1S/C24H34N2O3/c1-18-15-23(19(2)26(18)11-4-14-29-3)24(28)25-12-9-21(10-13-25)16-20-5-7-22(17-27)8-6-20/h5-8,15,21,27H,4,9-14,16-17H2,1-3H3. The molecule has 0 bridgehead atoms. The van der Waals surface area contributed by atoms with Crippen LogP contribution in [0.1, 0.15) is 52.1 Å². The SMILES string of the molecule is COCCCn1c(C)cc(C(=O)N2CCC(Cc3ccc(CO)cc3)CC2)c1C. The summed E-state index contributed by atoms with van der Waals surface area (Å²) in [5, 5.41) is 9.17. The molecule has 3 rings (SSSR count). The van der Waals surface area contributed by atoms with Gasteiger partial charge in [0.2, 0.25) is 0 Å². The smallest absolute Gasteiger partial charge is 0.255 e. The van der Waals surface area contributed by atoms with Crippen LogP contribution < -0.4 is 0 Å². The third-order valence-electron chi connectivity index (χ3n) is 6.17. The summed E-state index contributed by atoms with van der Waals surface area (Å²) in [4.78, 5) is 15.1. The van der Waals surface area contributed by atoms with Crippen molar-refractivity contribution in [1.29, 1.82) is 0 Å². The number of benzene rings is 1. The molecule has 5 nitrogen and oxygen atoms in total. The predicted molar refractivity (Wildman–Crippen MR) is 115 cm³/mol. The Morgan fingerprint density at radius 1 is 1.14 bits per heavy atom. The molecule has 1 amide bonds. The average molecular weight is 399 g/mol. The Labute approximate surface area is 174 Å². The van der Waals surface area contributed by atoms with Crippen LogP contribution in [0.5, 0.6) is 0 Å². The molecule has 1 aliphatic rings. The maximum atomic E-state index is 13.1. The molecule has 5 heteroatoms. The Morgan fingerprint density at radius 2 is 1.79 bits per heavy atom. The lowest BCUT2D eigenvalue weighted by atomic mass is 9.89. The molecule has 0 radical (unpaired) electrons. The first-order chi connectivity index (χ1) is 14.0. The second-order valence-corrected chi connectivity index (χ2v) is 8.20. The highest BCUT2D eigenvalue weighted by Gasteiger charge is 2.26. The zero-order valence-corrected chi connectivity index (χ0v) is 18.0. The van der Waals surface area contributed by atoms with E-state index in [2.05, 4.69) is 30.5 Å². The van der Waals surface area contributed by atoms with Gasteiger partial charge in [-0.1, -0.05) is 24.3 Å². The number of hydrogen-bond donors (Lipinski definition) is 1. The van der Waals surface area contributed by atoms with E-state index in [-0.39, 0.29) is 12.5 Å². The number of carbonyl (C=O) groups excluding carboxylic acids is 1. The van der Waals surface area contributed by atoms with E-state index in [1.807, 2.05) is 23.1 Å². The summed E-state index contributed by atoms with van der Waals surface area (Å²) >= 11 is 0. The second kappa shape index (κ2) is 10.1. The minimum atomic E-state index is 0.0911. The summed E-state index contributed by atoms with van der Waals surface area (Å²) in [6.07, 6.45) is 4.08. The first-order valence-corrected chi connectivity index (χ1v) is 10.7. The Hall–Kier alpha value is -2.11. The Bertz CT molecular complexity index is 802. The lowest BCUT2D eigenvalue weighted by Crippen LogP contribution is -2.39. The van der Waals surface area contributed by atoms with Crippen LogP contribution in [0.15, 0.2) is 30.3 Å². The molecule has 1 aromatic carbocycles. The van der Waals surface area contributed by atoms with Crippen LogP contribution in [0, 0.1) is 19.8 Å². The van der Waals surface area contributed by atoms with Crippen LogP contribution in [0.4, 0.5) is 0 Å². The number of likely N-dealkylation sites (tertiary alicyclic amines) is 1. The fourth-order valence-electron chi connectivity index (χ4n) is 4.35. The number of aromatic nitrogens is 1. The maximum absolute atomic E-state index is 13.1. The van der Waals surface area contributed by atoms with Gasteiger partial charge in [0.05, 0.1) is 12.2 Å². The van der Waals surface area contributed by atoms with E-state index in [0.29, 0.717) is 5.92 Å². The fraction of sp³-hybridized carbons (Fsp3) is 0.542. The summed E-state index contributed by atoms with van der Waals surface area (Å²) in [6, 6.07) is 10.3. The van der Waals surface area contributed by atoms with Crippen LogP contribution in [-0.2, 0) is 24.3 Å². The quantitative estimate of drug-likeness (QED) is 0.690. The van der Waals surface area contributed by atoms with Gasteiger partial charge in [-0.05, 0) is 62.6 Å². The van der Waals surface area contributed by atoms with E-state index in [9.17, 15) is 9.90 Å². The van der Waals surface area contributed by atoms with E-state index < -0.39 is 0 Å². The third-order valence-corrected chi connectivity index (χ3v) is 6.17. The lowest BCUT2D eigenvalue weighted by molar-refractivity contribution is 0.0689. The molecule has 2 aromatic rings. The van der Waals surface area contributed by atoms with Crippen molar-refractivity contribution in [2.45, 2.75) is 52.7 Å². The topological polar surface area (TPSA) is 54.7 Å². The summed E-state index contributed by atoms with van der Waals surface area (Å²) in [5.41, 5.74) is 5.32. The van der Waals surface area contributed by atoms with Crippen molar-refractivity contribution in [2.24, 2.45) is 5.92 Å². The van der Waals surface area contributed by atoms with Gasteiger partial charge in [0.25, 0.3) is 5.91 Å². The van der Waals surface area contributed by atoms with Crippen LogP contribution in [-0.4, -0.2) is 47.3 Å². The summed E-state index contributed by atoms with van der Waals surface area (Å²) in [6.45, 7) is 7.48. The summed E-state index contributed by atoms with van der Waals surface area (Å²) < 4.78 is 7.39. The number of hydrogen-bond acceptors (Lipinski definition) is 3. The molecule has 0 spiro atoms. The van der Waals surface area contributed by atoms with E-state index in [4.69, 9.17) is 4.74 Å². The third kappa shape index (κ3) is 5.28. The largest absolute Gasteiger partial charge is 0.392 e. The lowest BCUT2D eigenvalue weighted by Gasteiger charge is -2.32. The van der Waals surface area contributed by atoms with Gasteiger partial charge >= 0.3 is 0 Å². The Balaban J connectivity index is 1.56. The molecule has 1 fully saturated rings. The number of aliphatic hydroxyl groups excluding tert-OH is 1. The van der Waals surface area contributed by atoms with E-state index in [1.165, 1.54) is 5.56 Å². The van der Waals surface area contributed by atoms with Gasteiger partial charge < -0.3 is 19.3 Å². The number of methoxy groups -OCH3 is 1. The number of rotatable bonds is 8. The van der Waals surface area contributed by atoms with Crippen LogP contribution in [0.2, 0.25) is 0 Å². The van der Waals surface area contributed by atoms with Crippen LogP contribution >= 0.6 is 0 Å². The molecule has 0 aliphatic carbocycles. The highest BCUT2D eigenvalue weighted by molar-refractivity contribution is 5.95. The van der Waals surface area contributed by atoms with Crippen molar-refractivity contribution in [3.8, 4) is 0 Å². The fourth-order valence-corrected chi connectivity index (χ4v) is 4.35. The molecule has 2 heterocycles. The molecular weight excluding hydrogens is 364 g/mol. The molecule has 0 saturated carbocycles. The number of aliphatic hydroxyl groups is 1. The molecule has 0 atom stereocenters. The number of ether oxygens (including phenoxy) is 1. The Morgan fingerprint density at radius 3 is 2.41 bits per heavy atom. The molecule has 1 aliphatic heterocycles. The number of piperidine rings is 1. The van der Waals surface area contributed by atoms with Gasteiger partial charge in [-0.2, -0.15) is 0 Å². The van der Waals surface area contributed by atoms with Crippen molar-refractivity contribution < 1.29 is 14.6 Å². The van der Waals surface area contributed by atoms with Gasteiger partial charge in [0, 0.05) is 44.7 Å². The molecule has 1 aromatic heterocycles. The van der Waals surface area contributed by atoms with Crippen molar-refractivity contribution in [3.63, 3.8) is 0 Å². The average Bonchev–Trinajstić information content (AvgIpc) is 3.03. The number of carbonyl (C=O) groups is 1. The highest BCUT2D eigenvalue weighted by atomic mass is 16.5. The molecule has 29 heavy (non-hydrogen) atoms. The second-order valence-electron chi connectivity index (χ2n) is 8.20. The number of aryl methyl sites for hydroxylation is 1. The van der Waals surface area contributed by atoms with Crippen molar-refractivity contribution in [2.75, 3.05) is 26.8 Å². The van der Waals surface area contributed by atoms with Crippen molar-refractivity contribution in [3.05, 3.63) is 58.4 Å². The molecule has 0 unspecified atom stereocenters. The highest BCUT2D eigenvalue weighted by Crippen LogP contribution is 2.25. The van der Waals surface area contributed by atoms with E-state index >= 15 is 0 Å². The number of amides is 1. The van der Waals surface area contributed by atoms with Gasteiger partial charge in [-0.15, -0.1) is 0 Å². The Kier molecular flexibility index (Phi) is 7.51. The zero-order valence-electron chi connectivity index (χ0n) is 18.0. The van der Waals surface area contributed by atoms with Gasteiger partial charge in [-0.25, -0.2) is 0 Å². The number of nitrogens with zero attached hydrogens (tertiary/aromatic N) is 2. The molecule has 1 saturated heterocycles. The van der Waals surface area contributed by atoms with Gasteiger partial charge in [-0.3, -0.25) is 4.79 Å². The monoisotopic (exact) mass is 398 g/mol. The van der Waals surface area contributed by atoms with Crippen molar-refractivity contribution in [1.82, 2.24) is 9.47 Å². The summed E-state index contributed by atoms with van der Waals surface area (Å²) in [7, 11) is 1.72. The van der Waals surface area contributed by atoms with Gasteiger partial charge in [0.15, 0.2) is 0 Å². The van der Waals surface area contributed by atoms with E-state index in [0.717, 1.165) is 74.4 Å². The van der Waals surface area contributed by atoms with Crippen molar-refractivity contribution >= 4 is 5.91 Å². The van der Waals surface area contributed by atoms with Gasteiger partial charge in [0.1, 0.15) is 0 Å². The van der Waals surface area contributed by atoms with Crippen LogP contribution in [0.3, 0.4) is 0 Å². The van der Waals surface area contributed by atoms with Crippen LogP contribution in [0.25, 0.3) is 0 Å². The molecule has 158 valence electrons. The minimum Gasteiger partial charge on any atom is -0.392 e. The maximum Gasteiger partial charge on any atom is 0.255 e. The van der Waals surface area contributed by atoms with E-state index in [1.54, 1.807) is 7.11 Å². The predicted octanol–water partition coefficient (Wildman–Crippen LogP) is 3.73. The minimum absolute atomic E-state index is 0.0911. The first kappa shape index (κ1) is 21.6. The molecule has 1 N–H and O–H groups in total. The molecular formula is C24H34N2O3. The summed E-state index contributed by atoms with van der Waals surface area (Å²) in [5.74, 6) is 0.780. The normalized spacial score (nSPS) is 15.1.